The van der Waals surface area contributed by atoms with Crippen molar-refractivity contribution in [2.45, 2.75) is 6.54 Å². The summed E-state index contributed by atoms with van der Waals surface area (Å²) < 4.78 is 4.76. The molecule has 0 saturated carbocycles. The van der Waals surface area contributed by atoms with E-state index < -0.39 is 5.97 Å². The zero-order chi connectivity index (χ0) is 9.84. The first-order valence-corrected chi connectivity index (χ1v) is 3.69. The monoisotopic (exact) mass is 185 g/mol. The lowest BCUT2D eigenvalue weighted by Gasteiger charge is -2.08. The maximum Gasteiger partial charge on any atom is 0.358 e. The molecule has 0 aliphatic rings. The van der Waals surface area contributed by atoms with Crippen LogP contribution in [0.3, 0.4) is 0 Å². The second kappa shape index (κ2) is 4.01. The van der Waals surface area contributed by atoms with E-state index in [-0.39, 0.29) is 5.69 Å². The molecule has 0 fully saturated rings. The number of nitrogens with one attached hydrogen (secondary N) is 1. The van der Waals surface area contributed by atoms with Gasteiger partial charge in [-0.25, -0.2) is 10.2 Å². The lowest BCUT2D eigenvalue weighted by Crippen LogP contribution is -2.29. The van der Waals surface area contributed by atoms with E-state index in [9.17, 15) is 4.79 Å². The Labute approximate surface area is 75.1 Å². The zero-order valence-corrected chi connectivity index (χ0v) is 7.44. The first-order chi connectivity index (χ1) is 6.09. The Morgan fingerprint density at radius 3 is 2.92 bits per heavy atom. The van der Waals surface area contributed by atoms with E-state index in [2.05, 4.69) is 10.6 Å². The predicted molar refractivity (Wildman–Crippen MR) is 44.0 cm³/mol. The summed E-state index contributed by atoms with van der Waals surface area (Å²) >= 11 is 0. The van der Waals surface area contributed by atoms with Crippen LogP contribution in [0.25, 0.3) is 0 Å². The molecule has 2 N–H and O–H groups in total. The Bertz CT molecular complexity index is 295. The summed E-state index contributed by atoms with van der Waals surface area (Å²) in [5.74, 6) is -0.592. The van der Waals surface area contributed by atoms with E-state index in [0.717, 1.165) is 0 Å². The van der Waals surface area contributed by atoms with Crippen LogP contribution in [0.1, 0.15) is 16.2 Å². The number of carbonyl (C=O) groups is 1. The third-order valence-electron chi connectivity index (χ3n) is 1.35. The van der Waals surface area contributed by atoms with E-state index in [1.165, 1.54) is 6.07 Å². The lowest BCUT2D eigenvalue weighted by molar-refractivity contribution is 0.0685. The number of nitrogens with zero attached hydrogens (tertiary/aromatic N) is 2. The van der Waals surface area contributed by atoms with Gasteiger partial charge in [-0.1, -0.05) is 5.16 Å². The summed E-state index contributed by atoms with van der Waals surface area (Å²) in [7, 11) is 3.66. The highest BCUT2D eigenvalue weighted by atomic mass is 16.5. The van der Waals surface area contributed by atoms with Gasteiger partial charge >= 0.3 is 5.97 Å². The molecule has 1 heterocycles. The molecule has 0 amide bonds. The van der Waals surface area contributed by atoms with Gasteiger partial charge in [0.1, 0.15) is 0 Å². The number of rotatable bonds is 4. The van der Waals surface area contributed by atoms with Crippen molar-refractivity contribution in [1.82, 2.24) is 15.6 Å². The van der Waals surface area contributed by atoms with Gasteiger partial charge in [0.25, 0.3) is 0 Å². The molecule has 1 aromatic rings. The van der Waals surface area contributed by atoms with Crippen LogP contribution in [0.2, 0.25) is 0 Å². The van der Waals surface area contributed by atoms with Crippen molar-refractivity contribution in [3.8, 4) is 0 Å². The van der Waals surface area contributed by atoms with Crippen LogP contribution < -0.4 is 5.43 Å². The molecule has 0 aromatic carbocycles. The molecule has 0 atom stereocenters. The van der Waals surface area contributed by atoms with E-state index in [0.29, 0.717) is 12.3 Å². The van der Waals surface area contributed by atoms with Crippen molar-refractivity contribution in [2.75, 3.05) is 14.1 Å². The van der Waals surface area contributed by atoms with Crippen LogP contribution in [-0.2, 0) is 6.54 Å². The molecule has 0 spiro atoms. The topological polar surface area (TPSA) is 78.6 Å². The second-order valence-electron chi connectivity index (χ2n) is 2.71. The molecule has 1 rings (SSSR count). The van der Waals surface area contributed by atoms with E-state index in [1.54, 1.807) is 5.01 Å². The van der Waals surface area contributed by atoms with E-state index >= 15 is 0 Å². The van der Waals surface area contributed by atoms with Crippen molar-refractivity contribution in [1.29, 1.82) is 0 Å². The normalized spacial score (nSPS) is 10.7. The predicted octanol–water partition coefficient (Wildman–Crippen LogP) is -0.0610. The van der Waals surface area contributed by atoms with Crippen LogP contribution in [0.4, 0.5) is 0 Å². The van der Waals surface area contributed by atoms with Gasteiger partial charge in [-0.2, -0.15) is 0 Å². The Balaban J connectivity index is 2.54. The third-order valence-corrected chi connectivity index (χ3v) is 1.35. The molecule has 1 aromatic heterocycles. The fraction of sp³-hybridized carbons (Fsp3) is 0.429. The number of hydrazine groups is 1. The molecule has 13 heavy (non-hydrogen) atoms. The quantitative estimate of drug-likeness (QED) is 0.640. The van der Waals surface area contributed by atoms with Crippen molar-refractivity contribution in [3.05, 3.63) is 17.5 Å². The first kappa shape index (κ1) is 9.69. The fourth-order valence-corrected chi connectivity index (χ4v) is 0.733. The minimum absolute atomic E-state index is 0.0736. The molecular weight excluding hydrogens is 174 g/mol. The van der Waals surface area contributed by atoms with E-state index in [4.69, 9.17) is 9.63 Å². The Morgan fingerprint density at radius 2 is 2.46 bits per heavy atom. The highest BCUT2D eigenvalue weighted by Crippen LogP contribution is 2.02. The SMILES string of the molecule is CN(C)NCc1cc(C(=O)O)no1. The van der Waals surface area contributed by atoms with Gasteiger partial charge < -0.3 is 9.63 Å². The standard InChI is InChI=1S/C7H11N3O3/c1-10(2)8-4-5-3-6(7(11)12)9-13-5/h3,8H,4H2,1-2H3,(H,11,12). The summed E-state index contributed by atoms with van der Waals surface area (Å²) in [6.07, 6.45) is 0. The number of hydrogen-bond acceptors (Lipinski definition) is 5. The van der Waals surface area contributed by atoms with E-state index in [1.807, 2.05) is 14.1 Å². The maximum absolute atomic E-state index is 10.4. The van der Waals surface area contributed by atoms with Crippen molar-refractivity contribution >= 4 is 5.97 Å². The van der Waals surface area contributed by atoms with Gasteiger partial charge in [0.2, 0.25) is 0 Å². The summed E-state index contributed by atoms with van der Waals surface area (Å²) in [4.78, 5) is 10.4. The van der Waals surface area contributed by atoms with Gasteiger partial charge in [-0.15, -0.1) is 0 Å². The smallest absolute Gasteiger partial charge is 0.358 e. The Kier molecular flexibility index (Phi) is 2.99. The highest BCUT2D eigenvalue weighted by Gasteiger charge is 2.09. The molecule has 0 bridgehead atoms. The Hall–Kier alpha value is -1.40. The molecule has 6 heteroatoms. The van der Waals surface area contributed by atoms with Gasteiger partial charge in [0.05, 0.1) is 6.54 Å². The second-order valence-corrected chi connectivity index (χ2v) is 2.71. The maximum atomic E-state index is 10.4. The van der Waals surface area contributed by atoms with Crippen LogP contribution in [0.15, 0.2) is 10.6 Å². The summed E-state index contributed by atoms with van der Waals surface area (Å²) in [5, 5.41) is 13.6. The number of hydrogen-bond donors (Lipinski definition) is 2. The van der Waals surface area contributed by atoms with Crippen LogP contribution in [0, 0.1) is 0 Å². The first-order valence-electron chi connectivity index (χ1n) is 3.69. The molecule has 6 nitrogen and oxygen atoms in total. The summed E-state index contributed by atoms with van der Waals surface area (Å²) in [6, 6.07) is 1.39. The number of aromatic carboxylic acids is 1. The third kappa shape index (κ3) is 2.85. The van der Waals surface area contributed by atoms with Gasteiger partial charge in [-0.05, 0) is 0 Å². The van der Waals surface area contributed by atoms with Gasteiger partial charge in [0.15, 0.2) is 11.5 Å². The molecule has 0 radical (unpaired) electrons. The number of aromatic nitrogens is 1. The number of carboxylic acid groups (broad SMARTS) is 1. The summed E-state index contributed by atoms with van der Waals surface area (Å²) in [5.41, 5.74) is 2.85. The largest absolute Gasteiger partial charge is 0.476 e. The molecule has 0 aliphatic carbocycles. The van der Waals surface area contributed by atoms with Crippen LogP contribution in [0.5, 0.6) is 0 Å². The molecule has 0 saturated heterocycles. The fourth-order valence-electron chi connectivity index (χ4n) is 0.733. The van der Waals surface area contributed by atoms with Crippen LogP contribution >= 0.6 is 0 Å². The minimum Gasteiger partial charge on any atom is -0.476 e. The highest BCUT2D eigenvalue weighted by molar-refractivity contribution is 5.85. The number of carboxylic acids is 1. The van der Waals surface area contributed by atoms with Crippen molar-refractivity contribution in [2.24, 2.45) is 0 Å². The molecule has 0 unspecified atom stereocenters. The van der Waals surface area contributed by atoms with Gasteiger partial charge in [0, 0.05) is 20.2 Å². The summed E-state index contributed by atoms with van der Waals surface area (Å²) in [6.45, 7) is 0.424. The Morgan fingerprint density at radius 1 is 1.77 bits per heavy atom. The van der Waals surface area contributed by atoms with Crippen molar-refractivity contribution < 1.29 is 14.4 Å². The average Bonchev–Trinajstić information content (AvgIpc) is 2.48. The molecular formula is C7H11N3O3. The van der Waals surface area contributed by atoms with Gasteiger partial charge in [-0.3, -0.25) is 5.01 Å². The molecule has 72 valence electrons. The van der Waals surface area contributed by atoms with Crippen LogP contribution in [-0.4, -0.2) is 35.3 Å². The molecule has 0 aliphatic heterocycles. The average molecular weight is 185 g/mol. The zero-order valence-electron chi connectivity index (χ0n) is 7.44. The lowest BCUT2D eigenvalue weighted by atomic mass is 10.4. The minimum atomic E-state index is -1.08. The van der Waals surface area contributed by atoms with Crippen molar-refractivity contribution in [3.63, 3.8) is 0 Å².